The van der Waals surface area contributed by atoms with E-state index >= 15 is 0 Å². The van der Waals surface area contributed by atoms with Gasteiger partial charge in [-0.3, -0.25) is 9.69 Å². The normalized spacial score (nSPS) is 26.1. The van der Waals surface area contributed by atoms with Crippen molar-refractivity contribution < 1.29 is 4.79 Å². The van der Waals surface area contributed by atoms with Crippen LogP contribution in [0.5, 0.6) is 0 Å². The van der Waals surface area contributed by atoms with Crippen molar-refractivity contribution in [3.63, 3.8) is 0 Å². The molecule has 2 heterocycles. The standard InChI is InChI=1S/C13H21N3OS/c1-13(2,10-14)16-6-4-15(5-7-16)12(17)11-3-8-18-9-11/h11H,3-9H2,1-2H3. The van der Waals surface area contributed by atoms with Crippen molar-refractivity contribution >= 4 is 17.7 Å². The fourth-order valence-electron chi connectivity index (χ4n) is 2.54. The molecule has 0 aromatic heterocycles. The molecule has 0 bridgehead atoms. The number of carbonyl (C=O) groups is 1. The predicted molar refractivity (Wildman–Crippen MR) is 73.3 cm³/mol. The van der Waals surface area contributed by atoms with Gasteiger partial charge in [0.2, 0.25) is 5.91 Å². The smallest absolute Gasteiger partial charge is 0.226 e. The molecule has 4 nitrogen and oxygen atoms in total. The molecule has 2 fully saturated rings. The van der Waals surface area contributed by atoms with E-state index in [4.69, 9.17) is 5.26 Å². The van der Waals surface area contributed by atoms with E-state index in [0.29, 0.717) is 5.91 Å². The van der Waals surface area contributed by atoms with Gasteiger partial charge in [-0.25, -0.2) is 0 Å². The highest BCUT2D eigenvalue weighted by Crippen LogP contribution is 2.26. The maximum Gasteiger partial charge on any atom is 0.226 e. The summed E-state index contributed by atoms with van der Waals surface area (Å²) in [7, 11) is 0. The maximum atomic E-state index is 12.3. The largest absolute Gasteiger partial charge is 0.340 e. The Bertz CT molecular complexity index is 350. The fraction of sp³-hybridized carbons (Fsp3) is 0.846. The number of amides is 1. The number of carbonyl (C=O) groups excluding carboxylic acids is 1. The first kappa shape index (κ1) is 13.7. The van der Waals surface area contributed by atoms with Crippen molar-refractivity contribution in [2.24, 2.45) is 5.92 Å². The number of nitrogens with zero attached hydrogens (tertiary/aromatic N) is 3. The Morgan fingerprint density at radius 2 is 2.00 bits per heavy atom. The fourth-order valence-corrected chi connectivity index (χ4v) is 3.76. The molecule has 1 amide bonds. The minimum absolute atomic E-state index is 0.241. The van der Waals surface area contributed by atoms with Crippen LogP contribution in [0.25, 0.3) is 0 Å². The number of piperazine rings is 1. The monoisotopic (exact) mass is 267 g/mol. The van der Waals surface area contributed by atoms with E-state index in [0.717, 1.165) is 44.1 Å². The Labute approximate surface area is 113 Å². The van der Waals surface area contributed by atoms with Crippen molar-refractivity contribution in [1.29, 1.82) is 5.26 Å². The van der Waals surface area contributed by atoms with Gasteiger partial charge in [0.05, 0.1) is 6.07 Å². The highest BCUT2D eigenvalue weighted by Gasteiger charge is 2.33. The van der Waals surface area contributed by atoms with Gasteiger partial charge < -0.3 is 4.90 Å². The van der Waals surface area contributed by atoms with Gasteiger partial charge in [-0.05, 0) is 26.0 Å². The Hall–Kier alpha value is -0.730. The van der Waals surface area contributed by atoms with E-state index in [1.165, 1.54) is 0 Å². The molecule has 0 aliphatic carbocycles. The second-order valence-electron chi connectivity index (χ2n) is 5.54. The summed E-state index contributed by atoms with van der Waals surface area (Å²) >= 11 is 1.88. The van der Waals surface area contributed by atoms with Gasteiger partial charge in [-0.15, -0.1) is 0 Å². The van der Waals surface area contributed by atoms with E-state index in [2.05, 4.69) is 11.0 Å². The lowest BCUT2D eigenvalue weighted by Gasteiger charge is -2.41. The Morgan fingerprint density at radius 3 is 2.50 bits per heavy atom. The van der Waals surface area contributed by atoms with Crippen molar-refractivity contribution in [3.8, 4) is 6.07 Å². The summed E-state index contributed by atoms with van der Waals surface area (Å²) in [6.07, 6.45) is 1.04. The predicted octanol–water partition coefficient (Wildman–Crippen LogP) is 1.19. The molecule has 0 aromatic carbocycles. The van der Waals surface area contributed by atoms with Gasteiger partial charge in [0, 0.05) is 37.8 Å². The zero-order valence-electron chi connectivity index (χ0n) is 11.2. The second-order valence-corrected chi connectivity index (χ2v) is 6.69. The molecule has 0 radical (unpaired) electrons. The zero-order valence-corrected chi connectivity index (χ0v) is 12.0. The number of hydrogen-bond acceptors (Lipinski definition) is 4. The van der Waals surface area contributed by atoms with Crippen LogP contribution in [-0.4, -0.2) is 58.9 Å². The minimum atomic E-state index is -0.418. The summed E-state index contributed by atoms with van der Waals surface area (Å²) in [6, 6.07) is 2.33. The number of hydrogen-bond donors (Lipinski definition) is 0. The average molecular weight is 267 g/mol. The third-order valence-electron chi connectivity index (χ3n) is 3.93. The summed E-state index contributed by atoms with van der Waals surface area (Å²) in [4.78, 5) is 16.4. The highest BCUT2D eigenvalue weighted by atomic mass is 32.2. The van der Waals surface area contributed by atoms with E-state index in [1.54, 1.807) is 0 Å². The zero-order chi connectivity index (χ0) is 13.2. The molecule has 5 heteroatoms. The SMILES string of the molecule is CC(C)(C#N)N1CCN(C(=O)C2CCSC2)CC1. The topological polar surface area (TPSA) is 47.3 Å². The van der Waals surface area contributed by atoms with Crippen LogP contribution in [0.3, 0.4) is 0 Å². The average Bonchev–Trinajstić information content (AvgIpc) is 2.92. The molecule has 0 aromatic rings. The van der Waals surface area contributed by atoms with Crippen molar-refractivity contribution in [2.75, 3.05) is 37.7 Å². The Morgan fingerprint density at radius 1 is 1.33 bits per heavy atom. The van der Waals surface area contributed by atoms with Crippen LogP contribution in [0.2, 0.25) is 0 Å². The Balaban J connectivity index is 1.87. The molecule has 100 valence electrons. The van der Waals surface area contributed by atoms with Crippen LogP contribution in [0.4, 0.5) is 0 Å². The summed E-state index contributed by atoms with van der Waals surface area (Å²) < 4.78 is 0. The molecular weight excluding hydrogens is 246 g/mol. The van der Waals surface area contributed by atoms with Gasteiger partial charge in [0.15, 0.2) is 0 Å². The highest BCUT2D eigenvalue weighted by molar-refractivity contribution is 7.99. The van der Waals surface area contributed by atoms with E-state index < -0.39 is 5.54 Å². The van der Waals surface area contributed by atoms with E-state index in [-0.39, 0.29) is 5.92 Å². The van der Waals surface area contributed by atoms with E-state index in [9.17, 15) is 4.79 Å². The minimum Gasteiger partial charge on any atom is -0.340 e. The lowest BCUT2D eigenvalue weighted by molar-refractivity contribution is -0.137. The molecule has 0 spiro atoms. The molecule has 18 heavy (non-hydrogen) atoms. The first-order chi connectivity index (χ1) is 8.54. The van der Waals surface area contributed by atoms with Crippen molar-refractivity contribution in [3.05, 3.63) is 0 Å². The van der Waals surface area contributed by atoms with Gasteiger partial charge in [-0.1, -0.05) is 0 Å². The van der Waals surface area contributed by atoms with Crippen molar-refractivity contribution in [1.82, 2.24) is 9.80 Å². The van der Waals surface area contributed by atoms with E-state index in [1.807, 2.05) is 30.5 Å². The van der Waals surface area contributed by atoms with Gasteiger partial charge in [-0.2, -0.15) is 17.0 Å². The van der Waals surface area contributed by atoms with Crippen LogP contribution >= 0.6 is 11.8 Å². The number of rotatable bonds is 2. The molecule has 2 aliphatic heterocycles. The third kappa shape index (κ3) is 2.81. The Kier molecular flexibility index (Phi) is 4.18. The molecule has 2 saturated heterocycles. The summed E-state index contributed by atoms with van der Waals surface area (Å²) in [5, 5.41) is 9.12. The lowest BCUT2D eigenvalue weighted by Crippen LogP contribution is -2.56. The first-order valence-electron chi connectivity index (χ1n) is 6.57. The van der Waals surface area contributed by atoms with Crippen molar-refractivity contribution in [2.45, 2.75) is 25.8 Å². The molecule has 2 aliphatic rings. The first-order valence-corrected chi connectivity index (χ1v) is 7.73. The summed E-state index contributed by atoms with van der Waals surface area (Å²) in [5.41, 5.74) is -0.418. The molecule has 2 rings (SSSR count). The quantitative estimate of drug-likeness (QED) is 0.754. The molecule has 1 unspecified atom stereocenters. The number of thioether (sulfide) groups is 1. The van der Waals surface area contributed by atoms with Crippen LogP contribution in [-0.2, 0) is 4.79 Å². The van der Waals surface area contributed by atoms with Gasteiger partial charge in [0.1, 0.15) is 5.54 Å². The third-order valence-corrected chi connectivity index (χ3v) is 5.10. The molecule has 0 N–H and O–H groups in total. The van der Waals surface area contributed by atoms with Gasteiger partial charge >= 0.3 is 0 Å². The summed E-state index contributed by atoms with van der Waals surface area (Å²) in [5.74, 6) is 2.68. The van der Waals surface area contributed by atoms with Gasteiger partial charge in [0.25, 0.3) is 0 Å². The molecule has 1 atom stereocenters. The lowest BCUT2D eigenvalue weighted by atomic mass is 10.0. The molecular formula is C13H21N3OS. The second kappa shape index (κ2) is 5.50. The maximum absolute atomic E-state index is 12.3. The number of nitriles is 1. The van der Waals surface area contributed by atoms with Crippen LogP contribution in [0.1, 0.15) is 20.3 Å². The van der Waals surface area contributed by atoms with Crippen LogP contribution < -0.4 is 0 Å². The molecule has 0 saturated carbocycles. The summed E-state index contributed by atoms with van der Waals surface area (Å²) in [6.45, 7) is 7.05. The van der Waals surface area contributed by atoms with Crippen LogP contribution in [0.15, 0.2) is 0 Å². The van der Waals surface area contributed by atoms with Crippen LogP contribution in [0, 0.1) is 17.2 Å².